The van der Waals surface area contributed by atoms with Crippen LogP contribution in [0.15, 0.2) is 64.6 Å². The highest BCUT2D eigenvalue weighted by molar-refractivity contribution is 7.99. The molecule has 6 nitrogen and oxygen atoms in total. The summed E-state index contributed by atoms with van der Waals surface area (Å²) in [6.45, 7) is 0.00320. The van der Waals surface area contributed by atoms with Gasteiger partial charge in [-0.05, 0) is 24.3 Å². The van der Waals surface area contributed by atoms with Crippen LogP contribution in [0, 0.1) is 11.3 Å². The Hall–Kier alpha value is -3.11. The first-order valence-corrected chi connectivity index (χ1v) is 8.06. The highest BCUT2D eigenvalue weighted by atomic mass is 32.2. The molecule has 0 atom stereocenters. The number of carbonyl (C=O) groups excluding carboxylic acids is 1. The zero-order valence-electron chi connectivity index (χ0n) is 12.5. The second kappa shape index (κ2) is 5.83. The van der Waals surface area contributed by atoms with Crippen LogP contribution in [-0.2, 0) is 11.3 Å². The van der Waals surface area contributed by atoms with Crippen molar-refractivity contribution < 1.29 is 4.79 Å². The number of nitrogens with zero attached hydrogens (tertiary/aromatic N) is 5. The molecule has 0 radical (unpaired) electrons. The summed E-state index contributed by atoms with van der Waals surface area (Å²) >= 11 is 1.64. The van der Waals surface area contributed by atoms with Crippen LogP contribution in [0.5, 0.6) is 0 Å². The van der Waals surface area contributed by atoms with E-state index in [-0.39, 0.29) is 18.3 Å². The maximum atomic E-state index is 13.0. The van der Waals surface area contributed by atoms with Gasteiger partial charge in [-0.3, -0.25) is 14.3 Å². The number of anilines is 2. The quantitative estimate of drug-likeness (QED) is 0.721. The van der Waals surface area contributed by atoms with Crippen LogP contribution >= 0.6 is 11.8 Å². The lowest BCUT2D eigenvalue weighted by Crippen LogP contribution is -2.31. The zero-order chi connectivity index (χ0) is 16.5. The molecule has 0 spiro atoms. The number of para-hydroxylation sites is 2. The van der Waals surface area contributed by atoms with Gasteiger partial charge in [0.1, 0.15) is 18.9 Å². The molecule has 0 fully saturated rings. The van der Waals surface area contributed by atoms with E-state index >= 15 is 0 Å². The first-order valence-electron chi connectivity index (χ1n) is 7.24. The molecule has 0 unspecified atom stereocenters. The maximum Gasteiger partial charge on any atom is 0.251 e. The van der Waals surface area contributed by atoms with Crippen molar-refractivity contribution in [3.8, 4) is 6.07 Å². The van der Waals surface area contributed by atoms with Crippen molar-refractivity contribution in [3.63, 3.8) is 0 Å². The van der Waals surface area contributed by atoms with E-state index in [0.717, 1.165) is 21.2 Å². The van der Waals surface area contributed by atoms with Gasteiger partial charge in [0, 0.05) is 9.79 Å². The number of amides is 1. The normalized spacial score (nSPS) is 12.2. The summed E-state index contributed by atoms with van der Waals surface area (Å²) in [6, 6.07) is 17.5. The first-order chi connectivity index (χ1) is 11.8. The van der Waals surface area contributed by atoms with Gasteiger partial charge < -0.3 is 0 Å². The molecule has 0 aliphatic carbocycles. The van der Waals surface area contributed by atoms with Crippen LogP contribution in [0.2, 0.25) is 0 Å². The fourth-order valence-electron chi connectivity index (χ4n) is 2.65. The fourth-order valence-corrected chi connectivity index (χ4v) is 3.70. The summed E-state index contributed by atoms with van der Waals surface area (Å²) in [5.41, 5.74) is 1.69. The molecule has 1 aliphatic rings. The molecular weight excluding hydrogens is 322 g/mol. The summed E-state index contributed by atoms with van der Waals surface area (Å²) in [6.07, 6.45) is 1.40. The Bertz CT molecular complexity index is 929. The SMILES string of the molecule is N#Cc1nncn1CC(=O)N1c2ccccc2Sc2ccccc21. The number of fused-ring (bicyclic) bond motifs is 2. The van der Waals surface area contributed by atoms with E-state index in [1.807, 2.05) is 54.6 Å². The van der Waals surface area contributed by atoms with Gasteiger partial charge in [-0.25, -0.2) is 0 Å². The summed E-state index contributed by atoms with van der Waals surface area (Å²) in [4.78, 5) is 16.7. The van der Waals surface area contributed by atoms with Crippen LogP contribution in [-0.4, -0.2) is 20.7 Å². The van der Waals surface area contributed by atoms with Gasteiger partial charge in [-0.2, -0.15) is 5.26 Å². The molecule has 0 N–H and O–H groups in total. The molecule has 7 heteroatoms. The van der Waals surface area contributed by atoms with Gasteiger partial charge in [0.15, 0.2) is 0 Å². The van der Waals surface area contributed by atoms with Gasteiger partial charge in [-0.15, -0.1) is 10.2 Å². The number of benzene rings is 2. The topological polar surface area (TPSA) is 74.8 Å². The van der Waals surface area contributed by atoms with Crippen LogP contribution < -0.4 is 4.90 Å². The van der Waals surface area contributed by atoms with Crippen LogP contribution in [0.4, 0.5) is 11.4 Å². The number of nitriles is 1. The third-order valence-corrected chi connectivity index (χ3v) is 4.83. The minimum Gasteiger partial charge on any atom is -0.296 e. The van der Waals surface area contributed by atoms with Crippen molar-refractivity contribution >= 4 is 29.0 Å². The van der Waals surface area contributed by atoms with E-state index in [9.17, 15) is 4.79 Å². The number of hydrogen-bond donors (Lipinski definition) is 0. The largest absolute Gasteiger partial charge is 0.296 e. The molecule has 1 amide bonds. The average molecular weight is 333 g/mol. The molecule has 0 saturated carbocycles. The van der Waals surface area contributed by atoms with Crippen molar-refractivity contribution in [1.29, 1.82) is 5.26 Å². The summed E-state index contributed by atoms with van der Waals surface area (Å²) in [7, 11) is 0. The van der Waals surface area contributed by atoms with Crippen molar-refractivity contribution in [2.45, 2.75) is 16.3 Å². The molecule has 0 bridgehead atoms. The van der Waals surface area contributed by atoms with Gasteiger partial charge in [0.05, 0.1) is 11.4 Å². The van der Waals surface area contributed by atoms with Crippen molar-refractivity contribution in [2.24, 2.45) is 0 Å². The summed E-state index contributed by atoms with van der Waals surface area (Å²) in [5, 5.41) is 16.4. The predicted molar refractivity (Wildman–Crippen MR) is 88.9 cm³/mol. The van der Waals surface area contributed by atoms with E-state index < -0.39 is 0 Å². The van der Waals surface area contributed by atoms with E-state index in [2.05, 4.69) is 10.2 Å². The van der Waals surface area contributed by atoms with Gasteiger partial charge in [0.25, 0.3) is 5.91 Å². The lowest BCUT2D eigenvalue weighted by Gasteiger charge is -2.31. The third-order valence-electron chi connectivity index (χ3n) is 3.70. The zero-order valence-corrected chi connectivity index (χ0v) is 13.3. The molecule has 24 heavy (non-hydrogen) atoms. The predicted octanol–water partition coefficient (Wildman–Crippen LogP) is 2.98. The van der Waals surface area contributed by atoms with Gasteiger partial charge >= 0.3 is 0 Å². The van der Waals surface area contributed by atoms with Gasteiger partial charge in [0.2, 0.25) is 5.82 Å². The van der Waals surface area contributed by atoms with E-state index in [4.69, 9.17) is 5.26 Å². The Morgan fingerprint density at radius 2 is 1.71 bits per heavy atom. The number of aromatic nitrogens is 3. The number of hydrogen-bond acceptors (Lipinski definition) is 5. The van der Waals surface area contributed by atoms with Crippen LogP contribution in [0.3, 0.4) is 0 Å². The van der Waals surface area contributed by atoms with Crippen LogP contribution in [0.25, 0.3) is 0 Å². The standard InChI is InChI=1S/C17H11N5OS/c18-9-16-20-19-11-21(16)10-17(23)22-12-5-1-3-7-14(12)24-15-8-4-2-6-13(15)22/h1-8,11H,10H2. The second-order valence-electron chi connectivity index (χ2n) is 5.16. The number of carbonyl (C=O) groups is 1. The Balaban J connectivity index is 1.77. The molecule has 1 aliphatic heterocycles. The molecule has 4 rings (SSSR count). The molecule has 116 valence electrons. The molecule has 1 aromatic heterocycles. The lowest BCUT2D eigenvalue weighted by atomic mass is 10.2. The van der Waals surface area contributed by atoms with Crippen molar-refractivity contribution in [2.75, 3.05) is 4.90 Å². The van der Waals surface area contributed by atoms with Crippen molar-refractivity contribution in [3.05, 3.63) is 60.7 Å². The Morgan fingerprint density at radius 3 is 2.33 bits per heavy atom. The monoisotopic (exact) mass is 333 g/mol. The van der Waals surface area contributed by atoms with E-state index in [0.29, 0.717) is 0 Å². The number of rotatable bonds is 2. The Morgan fingerprint density at radius 1 is 1.08 bits per heavy atom. The average Bonchev–Trinajstić information content (AvgIpc) is 3.06. The fraction of sp³-hybridized carbons (Fsp3) is 0.0588. The highest BCUT2D eigenvalue weighted by Crippen LogP contribution is 2.47. The highest BCUT2D eigenvalue weighted by Gasteiger charge is 2.28. The first kappa shape index (κ1) is 14.5. The van der Waals surface area contributed by atoms with Crippen molar-refractivity contribution in [1.82, 2.24) is 14.8 Å². The van der Waals surface area contributed by atoms with Gasteiger partial charge in [-0.1, -0.05) is 36.0 Å². The maximum absolute atomic E-state index is 13.0. The molecular formula is C17H11N5OS. The molecule has 2 heterocycles. The minimum atomic E-state index is -0.147. The molecule has 3 aromatic rings. The minimum absolute atomic E-state index is 0.00320. The van der Waals surface area contributed by atoms with E-state index in [1.165, 1.54) is 10.9 Å². The molecule has 0 saturated heterocycles. The summed E-state index contributed by atoms with van der Waals surface area (Å²) < 4.78 is 1.45. The third kappa shape index (κ3) is 2.33. The second-order valence-corrected chi connectivity index (χ2v) is 6.24. The Kier molecular flexibility index (Phi) is 3.52. The van der Waals surface area contributed by atoms with Crippen LogP contribution in [0.1, 0.15) is 5.82 Å². The summed E-state index contributed by atoms with van der Waals surface area (Å²) in [5.74, 6) is -0.0252. The smallest absolute Gasteiger partial charge is 0.251 e. The molecule has 2 aromatic carbocycles. The lowest BCUT2D eigenvalue weighted by molar-refractivity contribution is -0.118. The van der Waals surface area contributed by atoms with E-state index in [1.54, 1.807) is 16.7 Å². The Labute approximate surface area is 142 Å².